The molecule has 2 atom stereocenters. The fourth-order valence-electron chi connectivity index (χ4n) is 3.50. The van der Waals surface area contributed by atoms with Gasteiger partial charge in [-0.25, -0.2) is 8.42 Å². The van der Waals surface area contributed by atoms with Gasteiger partial charge in [-0.1, -0.05) is 30.3 Å². The molecule has 28 heavy (non-hydrogen) atoms. The maximum Gasteiger partial charge on any atom is 0.416 e. The van der Waals surface area contributed by atoms with Crippen LogP contribution < -0.4 is 0 Å². The molecule has 1 aliphatic rings. The molecule has 150 valence electrons. The molecule has 2 aromatic carbocycles. The van der Waals surface area contributed by atoms with Gasteiger partial charge in [-0.2, -0.15) is 13.2 Å². The van der Waals surface area contributed by atoms with Crippen molar-refractivity contribution in [3.8, 4) is 0 Å². The number of hydrogen-bond donors (Lipinski definition) is 2. The summed E-state index contributed by atoms with van der Waals surface area (Å²) in [6.07, 6.45) is -3.02. The van der Waals surface area contributed by atoms with E-state index in [1.807, 2.05) is 0 Å². The van der Waals surface area contributed by atoms with Crippen molar-refractivity contribution in [1.29, 1.82) is 0 Å². The predicted molar refractivity (Wildman–Crippen MR) is 97.4 cm³/mol. The Morgan fingerprint density at radius 2 is 1.50 bits per heavy atom. The van der Waals surface area contributed by atoms with Gasteiger partial charge >= 0.3 is 6.18 Å². The van der Waals surface area contributed by atoms with E-state index in [0.717, 1.165) is 24.0 Å². The van der Waals surface area contributed by atoms with Crippen LogP contribution in [0.3, 0.4) is 0 Å². The van der Waals surface area contributed by atoms with Crippen LogP contribution in [0.5, 0.6) is 0 Å². The van der Waals surface area contributed by atoms with E-state index in [9.17, 15) is 31.8 Å². The monoisotopic (exact) mass is 412 g/mol. The van der Waals surface area contributed by atoms with Crippen LogP contribution >= 0.6 is 0 Å². The number of alkyl halides is 3. The van der Waals surface area contributed by atoms with Gasteiger partial charge in [-0.15, -0.1) is 0 Å². The summed E-state index contributed by atoms with van der Waals surface area (Å²) < 4.78 is 61.7. The third kappa shape index (κ3) is 4.29. The topological polar surface area (TPSA) is 74.6 Å². The Morgan fingerprint density at radius 1 is 0.964 bits per heavy atom. The van der Waals surface area contributed by atoms with Crippen molar-refractivity contribution >= 4 is 9.84 Å². The minimum Gasteiger partial charge on any atom is -0.365 e. The molecule has 2 unspecified atom stereocenters. The molecule has 2 aromatic rings. The standard InChI is InChI=1S/C20H19F3O4S/c1-28(26,27)16-8-4-13(5-9-16)18-11-14(19(24)25)10-17(18)12-2-6-15(7-3-12)20(21,22)23/h2-9,11,17-19,24-25H,10H2,1H3. The maximum absolute atomic E-state index is 12.8. The Kier molecular flexibility index (Phi) is 5.40. The Morgan fingerprint density at radius 3 is 1.96 bits per heavy atom. The SMILES string of the molecule is CS(=O)(=O)c1ccc(C2C=C(C(O)O)CC2c2ccc(C(F)(F)F)cc2)cc1. The van der Waals surface area contributed by atoms with Gasteiger partial charge in [0, 0.05) is 12.2 Å². The van der Waals surface area contributed by atoms with Gasteiger partial charge in [0.05, 0.1) is 10.5 Å². The van der Waals surface area contributed by atoms with Crippen molar-refractivity contribution in [3.05, 3.63) is 76.9 Å². The predicted octanol–water partition coefficient (Wildman–Crippen LogP) is 3.62. The third-order valence-electron chi connectivity index (χ3n) is 4.97. The van der Waals surface area contributed by atoms with Crippen LogP contribution in [0, 0.1) is 0 Å². The molecule has 0 aromatic heterocycles. The molecule has 4 nitrogen and oxygen atoms in total. The van der Waals surface area contributed by atoms with Gasteiger partial charge in [0.1, 0.15) is 0 Å². The molecule has 0 saturated carbocycles. The van der Waals surface area contributed by atoms with Crippen LogP contribution in [0.2, 0.25) is 0 Å². The molecule has 2 N–H and O–H groups in total. The van der Waals surface area contributed by atoms with E-state index < -0.39 is 27.9 Å². The third-order valence-corrected chi connectivity index (χ3v) is 6.10. The molecule has 0 aliphatic heterocycles. The van der Waals surface area contributed by atoms with Crippen molar-refractivity contribution < 1.29 is 31.8 Å². The second-order valence-electron chi connectivity index (χ2n) is 6.91. The van der Waals surface area contributed by atoms with E-state index in [2.05, 4.69) is 0 Å². The minimum absolute atomic E-state index is 0.159. The van der Waals surface area contributed by atoms with Crippen LogP contribution in [-0.4, -0.2) is 31.2 Å². The molecule has 3 rings (SSSR count). The number of aliphatic hydroxyl groups is 2. The summed E-state index contributed by atoms with van der Waals surface area (Å²) in [5.41, 5.74) is 1.01. The summed E-state index contributed by atoms with van der Waals surface area (Å²) in [4.78, 5) is 0.159. The first-order valence-electron chi connectivity index (χ1n) is 8.50. The number of hydrogen-bond acceptors (Lipinski definition) is 4. The largest absolute Gasteiger partial charge is 0.416 e. The lowest BCUT2D eigenvalue weighted by Crippen LogP contribution is -2.10. The Labute approximate surface area is 160 Å². The number of sulfone groups is 1. The Hall–Kier alpha value is -2.16. The first-order chi connectivity index (χ1) is 13.0. The van der Waals surface area contributed by atoms with E-state index >= 15 is 0 Å². The summed E-state index contributed by atoms with van der Waals surface area (Å²) in [6, 6.07) is 11.0. The van der Waals surface area contributed by atoms with Gasteiger partial charge in [-0.05, 0) is 53.3 Å². The molecule has 0 saturated heterocycles. The van der Waals surface area contributed by atoms with Crippen LogP contribution in [0.15, 0.2) is 65.1 Å². The average Bonchev–Trinajstić information content (AvgIpc) is 3.06. The number of allylic oxidation sites excluding steroid dienone is 1. The quantitative estimate of drug-likeness (QED) is 0.594. The van der Waals surface area contributed by atoms with Crippen LogP contribution in [0.1, 0.15) is 34.9 Å². The fourth-order valence-corrected chi connectivity index (χ4v) is 4.13. The van der Waals surface area contributed by atoms with Gasteiger partial charge < -0.3 is 10.2 Å². The maximum atomic E-state index is 12.8. The molecule has 0 amide bonds. The summed E-state index contributed by atoms with van der Waals surface area (Å²) in [7, 11) is -3.35. The lowest BCUT2D eigenvalue weighted by Gasteiger charge is -2.21. The van der Waals surface area contributed by atoms with Crippen LogP contribution in [0.4, 0.5) is 13.2 Å². The molecular weight excluding hydrogens is 393 g/mol. The molecule has 8 heteroatoms. The van der Waals surface area contributed by atoms with Gasteiger partial charge in [0.2, 0.25) is 0 Å². The van der Waals surface area contributed by atoms with Crippen molar-refractivity contribution in [2.75, 3.05) is 6.26 Å². The summed E-state index contributed by atoms with van der Waals surface area (Å²) >= 11 is 0. The summed E-state index contributed by atoms with van der Waals surface area (Å²) in [5.74, 6) is -0.606. The lowest BCUT2D eigenvalue weighted by atomic mass is 9.83. The van der Waals surface area contributed by atoms with E-state index in [0.29, 0.717) is 11.1 Å². The first kappa shape index (κ1) is 20.6. The lowest BCUT2D eigenvalue weighted by molar-refractivity contribution is -0.137. The van der Waals surface area contributed by atoms with Gasteiger partial charge in [0.15, 0.2) is 16.1 Å². The van der Waals surface area contributed by atoms with Gasteiger partial charge in [-0.3, -0.25) is 0 Å². The van der Waals surface area contributed by atoms with E-state index in [1.165, 1.54) is 24.3 Å². The van der Waals surface area contributed by atoms with E-state index in [4.69, 9.17) is 0 Å². The smallest absolute Gasteiger partial charge is 0.365 e. The molecule has 0 heterocycles. The Bertz CT molecular complexity index is 976. The average molecular weight is 412 g/mol. The molecule has 0 radical (unpaired) electrons. The van der Waals surface area contributed by atoms with E-state index in [-0.39, 0.29) is 23.2 Å². The number of halogens is 3. The fraction of sp³-hybridized carbons (Fsp3) is 0.300. The van der Waals surface area contributed by atoms with Gasteiger partial charge in [0.25, 0.3) is 0 Å². The van der Waals surface area contributed by atoms with Crippen LogP contribution in [-0.2, 0) is 16.0 Å². The zero-order chi connectivity index (χ0) is 20.7. The van der Waals surface area contributed by atoms with Crippen molar-refractivity contribution in [1.82, 2.24) is 0 Å². The van der Waals surface area contributed by atoms with Crippen molar-refractivity contribution in [2.24, 2.45) is 0 Å². The second-order valence-corrected chi connectivity index (χ2v) is 8.93. The molecular formula is C20H19F3O4S. The van der Waals surface area contributed by atoms with Crippen LogP contribution in [0.25, 0.3) is 0 Å². The zero-order valence-corrected chi connectivity index (χ0v) is 15.7. The number of aliphatic hydroxyl groups excluding tert-OH is 1. The highest BCUT2D eigenvalue weighted by molar-refractivity contribution is 7.90. The zero-order valence-electron chi connectivity index (χ0n) is 14.9. The first-order valence-corrected chi connectivity index (χ1v) is 10.4. The number of benzene rings is 2. The molecule has 0 fully saturated rings. The molecule has 0 spiro atoms. The molecule has 0 bridgehead atoms. The minimum atomic E-state index is -4.43. The number of rotatable bonds is 4. The highest BCUT2D eigenvalue weighted by Crippen LogP contribution is 2.46. The highest BCUT2D eigenvalue weighted by atomic mass is 32.2. The second kappa shape index (κ2) is 7.35. The summed E-state index contributed by atoms with van der Waals surface area (Å²) in [6.45, 7) is 0. The molecule has 1 aliphatic carbocycles. The highest BCUT2D eigenvalue weighted by Gasteiger charge is 2.34. The van der Waals surface area contributed by atoms with E-state index in [1.54, 1.807) is 18.2 Å². The normalized spacial score (nSPS) is 20.5. The Balaban J connectivity index is 1.96. The van der Waals surface area contributed by atoms with Crippen molar-refractivity contribution in [3.63, 3.8) is 0 Å². The summed E-state index contributed by atoms with van der Waals surface area (Å²) in [5, 5.41) is 19.1. The van der Waals surface area contributed by atoms with Crippen molar-refractivity contribution in [2.45, 2.75) is 35.6 Å².